The van der Waals surface area contributed by atoms with E-state index in [9.17, 15) is 23.5 Å². The summed E-state index contributed by atoms with van der Waals surface area (Å²) in [5.41, 5.74) is 9.19. The van der Waals surface area contributed by atoms with Gasteiger partial charge in [0.15, 0.2) is 11.6 Å². The second-order valence-corrected chi connectivity index (χ2v) is 9.00. The molecule has 8 nitrogen and oxygen atoms in total. The van der Waals surface area contributed by atoms with E-state index < -0.39 is 63.7 Å². The Labute approximate surface area is 180 Å². The van der Waals surface area contributed by atoms with Crippen LogP contribution in [0.2, 0.25) is 0 Å². The van der Waals surface area contributed by atoms with E-state index in [-0.39, 0.29) is 36.5 Å². The predicted octanol–water partition coefficient (Wildman–Crippen LogP) is 1.98. The summed E-state index contributed by atoms with van der Waals surface area (Å²) in [7, 11) is 1.25. The number of carboxylic acid groups (broad SMARTS) is 1. The summed E-state index contributed by atoms with van der Waals surface area (Å²) < 4.78 is 51.1. The molecule has 32 heavy (non-hydrogen) atoms. The van der Waals surface area contributed by atoms with E-state index in [1.807, 2.05) is 0 Å². The Morgan fingerprint density at radius 2 is 1.94 bits per heavy atom. The number of aromatic nitrogens is 1. The molecule has 0 bridgehead atoms. The molecule has 1 aromatic carbocycles. The second kappa shape index (κ2) is 6.77. The minimum absolute atomic E-state index is 0.00529. The fourth-order valence-electron chi connectivity index (χ4n) is 4.90. The quantitative estimate of drug-likeness (QED) is 0.593. The predicted molar refractivity (Wildman–Crippen MR) is 111 cm³/mol. The van der Waals surface area contributed by atoms with Gasteiger partial charge in [-0.15, -0.1) is 0 Å². The van der Waals surface area contributed by atoms with Crippen LogP contribution in [0.4, 0.5) is 24.5 Å². The highest BCUT2D eigenvalue weighted by Crippen LogP contribution is 2.50. The van der Waals surface area contributed by atoms with E-state index in [0.29, 0.717) is 12.8 Å². The molecule has 0 amide bonds. The largest absolute Gasteiger partial charge is 0.492 e. The van der Waals surface area contributed by atoms with Crippen molar-refractivity contribution in [2.24, 2.45) is 11.7 Å². The number of halogens is 3. The van der Waals surface area contributed by atoms with Crippen molar-refractivity contribution in [3.63, 3.8) is 0 Å². The SMILES string of the molecule is COc1c(N2C[C@@H](F)[C@@H](C3(N)CC3)C2)c(F)c(N)c2c(=O)c(C(=O)O)cn([C@@H]3C[C@@H]3F)c12. The Hall–Kier alpha value is -2.95. The van der Waals surface area contributed by atoms with Crippen LogP contribution in [-0.4, -0.2) is 53.7 Å². The Balaban J connectivity index is 1.77. The first-order chi connectivity index (χ1) is 15.1. The number of pyridine rings is 1. The van der Waals surface area contributed by atoms with Gasteiger partial charge < -0.3 is 30.8 Å². The Morgan fingerprint density at radius 1 is 1.28 bits per heavy atom. The maximum absolute atomic E-state index is 15.6. The van der Waals surface area contributed by atoms with Crippen LogP contribution in [0.25, 0.3) is 10.9 Å². The highest BCUT2D eigenvalue weighted by Gasteiger charge is 2.53. The molecule has 3 aliphatic rings. The van der Waals surface area contributed by atoms with Crippen molar-refractivity contribution < 1.29 is 27.8 Å². The van der Waals surface area contributed by atoms with Crippen molar-refractivity contribution in [2.45, 2.75) is 43.2 Å². The average molecular weight is 452 g/mol. The molecule has 2 heterocycles. The minimum Gasteiger partial charge on any atom is -0.492 e. The fraction of sp³-hybridized carbons (Fsp3) is 0.524. The second-order valence-electron chi connectivity index (χ2n) is 9.00. The highest BCUT2D eigenvalue weighted by atomic mass is 19.1. The number of aromatic carboxylic acids is 1. The average Bonchev–Trinajstić information content (AvgIpc) is 3.62. The van der Waals surface area contributed by atoms with E-state index >= 15 is 4.39 Å². The fourth-order valence-corrected chi connectivity index (χ4v) is 4.90. The molecule has 172 valence electrons. The number of fused-ring (bicyclic) bond motifs is 1. The molecule has 1 aromatic heterocycles. The van der Waals surface area contributed by atoms with Gasteiger partial charge in [-0.1, -0.05) is 0 Å². The van der Waals surface area contributed by atoms with Gasteiger partial charge in [0.05, 0.1) is 29.7 Å². The standard InChI is InChI=1S/C21H23F3N4O4/c1-32-19-16-13(18(29)8(20(30)31)5-28(16)12-4-10(12)22)15(25)14(24)17(19)27-6-9(11(23)7-27)21(26)2-3-21/h5,9-12H,2-4,6-7,25-26H2,1H3,(H,30,31)/t9-,10-,11+,12+/m0/s1. The smallest absolute Gasteiger partial charge is 0.341 e. The summed E-state index contributed by atoms with van der Waals surface area (Å²) in [6.45, 7) is -0.0169. The van der Waals surface area contributed by atoms with Gasteiger partial charge >= 0.3 is 5.97 Å². The molecule has 3 fully saturated rings. The molecule has 11 heteroatoms. The number of carboxylic acids is 1. The van der Waals surface area contributed by atoms with E-state index in [4.69, 9.17) is 16.2 Å². The topological polar surface area (TPSA) is 124 Å². The van der Waals surface area contributed by atoms with Gasteiger partial charge in [-0.3, -0.25) is 4.79 Å². The van der Waals surface area contributed by atoms with Gasteiger partial charge in [0.1, 0.15) is 23.6 Å². The number of alkyl halides is 2. The Kier molecular flexibility index (Phi) is 4.43. The number of ether oxygens (including phenoxy) is 1. The van der Waals surface area contributed by atoms with Crippen molar-refractivity contribution in [1.29, 1.82) is 0 Å². The van der Waals surface area contributed by atoms with Crippen LogP contribution in [0, 0.1) is 11.7 Å². The number of rotatable bonds is 5. The molecule has 5 rings (SSSR count). The van der Waals surface area contributed by atoms with Gasteiger partial charge in [0.2, 0.25) is 5.43 Å². The van der Waals surface area contributed by atoms with Crippen LogP contribution in [-0.2, 0) is 0 Å². The zero-order valence-electron chi connectivity index (χ0n) is 17.3. The number of carbonyl (C=O) groups is 1. The van der Waals surface area contributed by atoms with Crippen molar-refractivity contribution in [3.8, 4) is 5.75 Å². The lowest BCUT2D eigenvalue weighted by atomic mass is 9.96. The third-order valence-corrected chi connectivity index (χ3v) is 6.98. The van der Waals surface area contributed by atoms with Crippen LogP contribution in [0.3, 0.4) is 0 Å². The summed E-state index contributed by atoms with van der Waals surface area (Å²) in [6, 6.07) is -0.748. The maximum Gasteiger partial charge on any atom is 0.341 e. The van der Waals surface area contributed by atoms with Gasteiger partial charge in [0.25, 0.3) is 0 Å². The summed E-state index contributed by atoms with van der Waals surface area (Å²) in [5.74, 6) is -3.17. The summed E-state index contributed by atoms with van der Waals surface area (Å²) in [4.78, 5) is 25.9. The first-order valence-corrected chi connectivity index (χ1v) is 10.4. The first kappa shape index (κ1) is 20.9. The molecule has 0 spiro atoms. The zero-order valence-corrected chi connectivity index (χ0v) is 17.3. The third-order valence-electron chi connectivity index (χ3n) is 6.98. The monoisotopic (exact) mass is 452 g/mol. The minimum atomic E-state index is -1.54. The molecule has 2 aromatic rings. The molecule has 0 radical (unpaired) electrons. The van der Waals surface area contributed by atoms with E-state index in [2.05, 4.69) is 0 Å². The van der Waals surface area contributed by atoms with Crippen LogP contribution < -0.4 is 26.5 Å². The molecule has 4 atom stereocenters. The van der Waals surface area contributed by atoms with Crippen LogP contribution in [0.1, 0.15) is 35.7 Å². The lowest BCUT2D eigenvalue weighted by Crippen LogP contribution is -2.38. The molecule has 2 aliphatic carbocycles. The van der Waals surface area contributed by atoms with Gasteiger partial charge in [-0.25, -0.2) is 18.0 Å². The number of methoxy groups -OCH3 is 1. The van der Waals surface area contributed by atoms with Gasteiger partial charge in [-0.2, -0.15) is 0 Å². The Morgan fingerprint density at radius 3 is 2.47 bits per heavy atom. The van der Waals surface area contributed by atoms with Crippen molar-refractivity contribution in [2.75, 3.05) is 30.8 Å². The summed E-state index contributed by atoms with van der Waals surface area (Å²) >= 11 is 0. The zero-order chi connectivity index (χ0) is 23.1. The number of hydrogen-bond acceptors (Lipinski definition) is 6. The Bertz CT molecular complexity index is 1210. The number of nitrogens with zero attached hydrogens (tertiary/aromatic N) is 2. The van der Waals surface area contributed by atoms with Crippen molar-refractivity contribution in [1.82, 2.24) is 4.57 Å². The van der Waals surface area contributed by atoms with E-state index in [1.165, 1.54) is 16.6 Å². The highest BCUT2D eigenvalue weighted by molar-refractivity contribution is 6.03. The lowest BCUT2D eigenvalue weighted by Gasteiger charge is -2.26. The van der Waals surface area contributed by atoms with Crippen molar-refractivity contribution >= 4 is 28.2 Å². The molecule has 0 unspecified atom stereocenters. The van der Waals surface area contributed by atoms with Crippen LogP contribution in [0.5, 0.6) is 5.75 Å². The van der Waals surface area contributed by atoms with E-state index in [0.717, 1.165) is 6.20 Å². The van der Waals surface area contributed by atoms with E-state index in [1.54, 1.807) is 0 Å². The number of benzene rings is 1. The number of hydrogen-bond donors (Lipinski definition) is 3. The number of nitrogens with two attached hydrogens (primary N) is 2. The van der Waals surface area contributed by atoms with Crippen LogP contribution >= 0.6 is 0 Å². The molecular formula is C21H23F3N4O4. The van der Waals surface area contributed by atoms with Crippen LogP contribution in [0.15, 0.2) is 11.0 Å². The third kappa shape index (κ3) is 2.86. The van der Waals surface area contributed by atoms with Crippen molar-refractivity contribution in [3.05, 3.63) is 27.8 Å². The molecule has 5 N–H and O–H groups in total. The summed E-state index contributed by atoms with van der Waals surface area (Å²) in [5, 5.41) is 9.04. The van der Waals surface area contributed by atoms with Gasteiger partial charge in [-0.05, 0) is 12.8 Å². The first-order valence-electron chi connectivity index (χ1n) is 10.4. The molecular weight excluding hydrogens is 429 g/mol. The van der Waals surface area contributed by atoms with Gasteiger partial charge in [0, 0.05) is 37.2 Å². The molecule has 1 saturated heterocycles. The normalized spacial score (nSPS) is 28.2. The number of nitrogen functional groups attached to an aromatic ring is 1. The lowest BCUT2D eigenvalue weighted by molar-refractivity contribution is 0.0694. The molecule has 2 saturated carbocycles. The summed E-state index contributed by atoms with van der Waals surface area (Å²) in [6.07, 6.45) is -0.0600. The number of anilines is 2. The molecule has 1 aliphatic heterocycles. The maximum atomic E-state index is 15.6.